The van der Waals surface area contributed by atoms with Crippen molar-refractivity contribution in [1.29, 1.82) is 0 Å². The van der Waals surface area contributed by atoms with Crippen LogP contribution in [0.2, 0.25) is 0 Å². The van der Waals surface area contributed by atoms with Gasteiger partial charge in [0.25, 0.3) is 9.03 Å². The molecule has 0 saturated carbocycles. The van der Waals surface area contributed by atoms with Gasteiger partial charge in [-0.1, -0.05) is 0 Å². The van der Waals surface area contributed by atoms with Crippen molar-refractivity contribution < 1.29 is 13.5 Å². The maximum absolute atomic E-state index is 4.95. The first-order valence-electron chi connectivity index (χ1n) is 2.12. The first-order chi connectivity index (χ1) is 3.97. The molecule has 0 aromatic carbocycles. The Kier molecular flexibility index (Phi) is 0.733. The van der Waals surface area contributed by atoms with E-state index in [1.54, 1.807) is 0 Å². The second-order valence-corrected chi connectivity index (χ2v) is 1.96. The van der Waals surface area contributed by atoms with Gasteiger partial charge in [0.05, 0.1) is 0 Å². The fourth-order valence-corrected chi connectivity index (χ4v) is 1.05. The molecule has 0 amide bonds. The molecule has 1 aromatic heterocycles. The van der Waals surface area contributed by atoms with Crippen molar-refractivity contribution >= 4 is 9.03 Å². The van der Waals surface area contributed by atoms with E-state index in [-0.39, 0.29) is 9.03 Å². The summed E-state index contributed by atoms with van der Waals surface area (Å²) >= 11 is 0. The highest BCUT2D eigenvalue weighted by molar-refractivity contribution is 7.27. The van der Waals surface area contributed by atoms with Gasteiger partial charge in [0.15, 0.2) is 0 Å². The van der Waals surface area contributed by atoms with Gasteiger partial charge in [0, 0.05) is 0 Å². The Morgan fingerprint density at radius 3 is 2.38 bits per heavy atom. The van der Waals surface area contributed by atoms with Crippen LogP contribution in [0.25, 0.3) is 0 Å². The van der Waals surface area contributed by atoms with E-state index in [0.717, 1.165) is 0 Å². The lowest BCUT2D eigenvalue weighted by molar-refractivity contribution is 0.512. The third-order valence-corrected chi connectivity index (χ3v) is 1.50. The lowest BCUT2D eigenvalue weighted by Crippen LogP contribution is -1.64. The predicted octanol–water partition coefficient (Wildman–Crippen LogP) is 1.56. The molecular weight excluding hydrogens is 127 g/mol. The van der Waals surface area contributed by atoms with Gasteiger partial charge >= 0.3 is 0 Å². The third-order valence-electron chi connectivity index (χ3n) is 0.896. The molecule has 1 aliphatic heterocycles. The van der Waals surface area contributed by atoms with Gasteiger partial charge in [-0.2, -0.15) is 0 Å². The van der Waals surface area contributed by atoms with Crippen molar-refractivity contribution in [3.05, 3.63) is 12.5 Å². The molecule has 2 rings (SSSR count). The average molecular weight is 130 g/mol. The van der Waals surface area contributed by atoms with Crippen LogP contribution in [0.1, 0.15) is 0 Å². The van der Waals surface area contributed by atoms with E-state index in [1.165, 1.54) is 12.5 Å². The van der Waals surface area contributed by atoms with Crippen molar-refractivity contribution in [1.82, 2.24) is 0 Å². The lowest BCUT2D eigenvalue weighted by atomic mass is 10.6. The lowest BCUT2D eigenvalue weighted by Gasteiger charge is -1.84. The van der Waals surface area contributed by atoms with Crippen LogP contribution in [-0.2, 0) is 0 Å². The van der Waals surface area contributed by atoms with Gasteiger partial charge in [-0.15, -0.1) is 0 Å². The normalized spacial score (nSPS) is 14.5. The molecule has 1 aliphatic rings. The first-order valence-corrected chi connectivity index (χ1v) is 2.93. The van der Waals surface area contributed by atoms with Gasteiger partial charge in [0.1, 0.15) is 12.5 Å². The highest BCUT2D eigenvalue weighted by Crippen LogP contribution is 2.41. The Balaban J connectivity index is 2.54. The van der Waals surface area contributed by atoms with Crippen molar-refractivity contribution in [2.45, 2.75) is 0 Å². The molecule has 8 heavy (non-hydrogen) atoms. The fourth-order valence-electron chi connectivity index (χ4n) is 0.533. The Hall–Kier alpha value is -0.690. The van der Waals surface area contributed by atoms with E-state index < -0.39 is 0 Å². The van der Waals surface area contributed by atoms with E-state index in [1.807, 2.05) is 0 Å². The van der Waals surface area contributed by atoms with Crippen molar-refractivity contribution in [2.75, 3.05) is 0 Å². The number of furan rings is 1. The van der Waals surface area contributed by atoms with Crippen LogP contribution >= 0.6 is 9.03 Å². The summed E-state index contributed by atoms with van der Waals surface area (Å²) in [5.74, 6) is 1.42. The molecule has 4 heteroatoms. The first kappa shape index (κ1) is 4.21. The quantitative estimate of drug-likeness (QED) is 0.499. The molecule has 1 aromatic rings. The summed E-state index contributed by atoms with van der Waals surface area (Å²) in [6.45, 7) is 0. The van der Waals surface area contributed by atoms with Gasteiger partial charge in [-0.3, -0.25) is 0 Å². The average Bonchev–Trinajstić information content (AvgIpc) is 2.15. The summed E-state index contributed by atoms with van der Waals surface area (Å²) in [6, 6.07) is 0. The van der Waals surface area contributed by atoms with E-state index in [2.05, 4.69) is 0 Å². The minimum absolute atomic E-state index is 0.111. The highest BCUT2D eigenvalue weighted by Gasteiger charge is 2.14. The smallest absolute Gasteiger partial charge is 0.275 e. The second kappa shape index (κ2) is 1.39. The molecule has 0 aliphatic carbocycles. The Morgan fingerprint density at radius 2 is 1.75 bits per heavy atom. The van der Waals surface area contributed by atoms with E-state index in [9.17, 15) is 0 Å². The minimum atomic E-state index is 0.111. The number of hydrogen-bond acceptors (Lipinski definition) is 3. The van der Waals surface area contributed by atoms with E-state index >= 15 is 0 Å². The van der Waals surface area contributed by atoms with Crippen LogP contribution < -0.4 is 9.05 Å². The number of rotatable bonds is 0. The Labute approximate surface area is 47.5 Å². The maximum Gasteiger partial charge on any atom is 0.275 e. The SMILES string of the molecule is c1occ2c1OPO2. The summed E-state index contributed by atoms with van der Waals surface area (Å²) in [7, 11) is 0.111. The van der Waals surface area contributed by atoms with Gasteiger partial charge in [0.2, 0.25) is 11.5 Å². The molecule has 0 unspecified atom stereocenters. The number of hydrogen-bond donors (Lipinski definition) is 0. The summed E-state index contributed by atoms with van der Waals surface area (Å²) in [5.41, 5.74) is 0. The molecule has 42 valence electrons. The van der Waals surface area contributed by atoms with E-state index in [0.29, 0.717) is 11.5 Å². The van der Waals surface area contributed by atoms with Crippen LogP contribution in [0, 0.1) is 0 Å². The molecule has 2 heterocycles. The standard InChI is InChI=1S/C4H3O3P/c1-3-4(2-5-1)7-8-6-3/h1-2,8H. The number of fused-ring (bicyclic) bond motifs is 1. The minimum Gasteiger partial charge on any atom is -0.465 e. The van der Waals surface area contributed by atoms with Crippen LogP contribution in [-0.4, -0.2) is 0 Å². The molecule has 0 bridgehead atoms. The molecule has 0 N–H and O–H groups in total. The zero-order valence-corrected chi connectivity index (χ0v) is 4.88. The molecular formula is C4H3O3P. The van der Waals surface area contributed by atoms with Crippen LogP contribution in [0.3, 0.4) is 0 Å². The van der Waals surface area contributed by atoms with Crippen LogP contribution in [0.4, 0.5) is 0 Å². The summed E-state index contributed by atoms with van der Waals surface area (Å²) in [5, 5.41) is 0. The van der Waals surface area contributed by atoms with Gasteiger partial charge in [-0.25, -0.2) is 0 Å². The fraction of sp³-hybridized carbons (Fsp3) is 0. The zero-order chi connectivity index (χ0) is 5.40. The van der Waals surface area contributed by atoms with Crippen LogP contribution in [0.15, 0.2) is 16.9 Å². The van der Waals surface area contributed by atoms with E-state index in [4.69, 9.17) is 13.5 Å². The van der Waals surface area contributed by atoms with Crippen molar-refractivity contribution in [3.63, 3.8) is 0 Å². The Bertz CT molecular complexity index is 176. The molecule has 3 nitrogen and oxygen atoms in total. The predicted molar refractivity (Wildman–Crippen MR) is 28.3 cm³/mol. The Morgan fingerprint density at radius 1 is 1.12 bits per heavy atom. The summed E-state index contributed by atoms with van der Waals surface area (Å²) < 4.78 is 14.6. The van der Waals surface area contributed by atoms with Gasteiger partial charge < -0.3 is 13.5 Å². The molecule has 0 saturated heterocycles. The molecule has 0 spiro atoms. The zero-order valence-electron chi connectivity index (χ0n) is 3.88. The summed E-state index contributed by atoms with van der Waals surface area (Å²) in [4.78, 5) is 0. The van der Waals surface area contributed by atoms with Crippen LogP contribution in [0.5, 0.6) is 11.5 Å². The largest absolute Gasteiger partial charge is 0.465 e. The second-order valence-electron chi connectivity index (χ2n) is 1.39. The monoisotopic (exact) mass is 130 g/mol. The third kappa shape index (κ3) is 0.421. The maximum atomic E-state index is 4.95. The topological polar surface area (TPSA) is 31.6 Å². The molecule has 0 radical (unpaired) electrons. The molecule has 0 fully saturated rings. The van der Waals surface area contributed by atoms with Gasteiger partial charge in [-0.05, 0) is 0 Å². The van der Waals surface area contributed by atoms with Crippen molar-refractivity contribution in [3.8, 4) is 11.5 Å². The molecule has 0 atom stereocenters. The highest BCUT2D eigenvalue weighted by atomic mass is 31.1. The summed E-state index contributed by atoms with van der Waals surface area (Å²) in [6.07, 6.45) is 3.05. The van der Waals surface area contributed by atoms with Crippen molar-refractivity contribution in [2.24, 2.45) is 0 Å².